The Morgan fingerprint density at radius 2 is 1.90 bits per heavy atom. The summed E-state index contributed by atoms with van der Waals surface area (Å²) in [6, 6.07) is 9.66. The molecule has 3 heterocycles. The average molecular weight is 389 g/mol. The maximum Gasteiger partial charge on any atom is 0.166 e. The number of benzene rings is 1. The second-order valence-electron chi connectivity index (χ2n) is 6.21. The molecule has 29 heavy (non-hydrogen) atoms. The molecule has 8 heteroatoms. The number of rotatable bonds is 5. The van der Waals surface area contributed by atoms with Crippen LogP contribution in [0.25, 0.3) is 33.9 Å². The van der Waals surface area contributed by atoms with Crippen LogP contribution in [0, 0.1) is 5.82 Å². The Labute approximate surface area is 165 Å². The zero-order valence-electron chi connectivity index (χ0n) is 15.4. The van der Waals surface area contributed by atoms with Gasteiger partial charge in [-0.25, -0.2) is 14.4 Å². The van der Waals surface area contributed by atoms with Crippen LogP contribution in [0.3, 0.4) is 0 Å². The first-order chi connectivity index (χ1) is 14.1. The Kier molecular flexibility index (Phi) is 4.74. The molecule has 3 aromatic heterocycles. The van der Waals surface area contributed by atoms with Crippen molar-refractivity contribution in [3.63, 3.8) is 0 Å². The van der Waals surface area contributed by atoms with E-state index in [0.717, 1.165) is 5.56 Å². The molecule has 0 spiro atoms. The summed E-state index contributed by atoms with van der Waals surface area (Å²) in [4.78, 5) is 27.3. The van der Waals surface area contributed by atoms with Crippen LogP contribution in [0.2, 0.25) is 0 Å². The molecule has 0 amide bonds. The second-order valence-corrected chi connectivity index (χ2v) is 6.21. The first-order valence-electron chi connectivity index (χ1n) is 8.66. The van der Waals surface area contributed by atoms with Gasteiger partial charge in [-0.05, 0) is 36.4 Å². The van der Waals surface area contributed by atoms with Gasteiger partial charge in [-0.2, -0.15) is 0 Å². The highest BCUT2D eigenvalue weighted by atomic mass is 19.1. The monoisotopic (exact) mass is 389 g/mol. The van der Waals surface area contributed by atoms with Gasteiger partial charge >= 0.3 is 0 Å². The van der Waals surface area contributed by atoms with Crippen molar-refractivity contribution < 1.29 is 13.9 Å². The fourth-order valence-corrected chi connectivity index (χ4v) is 2.98. The molecule has 0 fully saturated rings. The summed E-state index contributed by atoms with van der Waals surface area (Å²) in [6.07, 6.45) is 5.42. The highest BCUT2D eigenvalue weighted by molar-refractivity contribution is 5.83. The number of hydrogen-bond acceptors (Lipinski definition) is 6. The molecule has 0 aliphatic heterocycles. The zero-order valence-corrected chi connectivity index (χ0v) is 15.4. The molecular weight excluding hydrogens is 373 g/mol. The lowest BCUT2D eigenvalue weighted by Crippen LogP contribution is -1.96. The number of carbonyl (C=O) groups excluding carboxylic acids is 1. The Morgan fingerprint density at radius 1 is 1.10 bits per heavy atom. The number of H-pyrrole nitrogens is 1. The van der Waals surface area contributed by atoms with Crippen molar-refractivity contribution in [2.75, 3.05) is 12.8 Å². The fourth-order valence-electron chi connectivity index (χ4n) is 2.98. The van der Waals surface area contributed by atoms with Crippen LogP contribution in [0.1, 0.15) is 10.4 Å². The van der Waals surface area contributed by atoms with Gasteiger partial charge in [-0.1, -0.05) is 0 Å². The number of hydrogen-bond donors (Lipinski definition) is 2. The van der Waals surface area contributed by atoms with Gasteiger partial charge in [0, 0.05) is 35.3 Å². The predicted molar refractivity (Wildman–Crippen MR) is 107 cm³/mol. The number of nitrogens with zero attached hydrogens (tertiary/aromatic N) is 3. The molecule has 4 rings (SSSR count). The number of aldehydes is 1. The van der Waals surface area contributed by atoms with Gasteiger partial charge in [0.05, 0.1) is 24.1 Å². The summed E-state index contributed by atoms with van der Waals surface area (Å²) in [5.74, 6) is 0.590. The van der Waals surface area contributed by atoms with E-state index in [1.165, 1.54) is 19.2 Å². The smallest absolute Gasteiger partial charge is 0.166 e. The first-order valence-corrected chi connectivity index (χ1v) is 8.66. The van der Waals surface area contributed by atoms with Crippen molar-refractivity contribution in [2.45, 2.75) is 0 Å². The van der Waals surface area contributed by atoms with E-state index in [2.05, 4.69) is 19.9 Å². The lowest BCUT2D eigenvalue weighted by molar-refractivity contribution is 0.112. The van der Waals surface area contributed by atoms with Gasteiger partial charge in [0.1, 0.15) is 11.6 Å². The Balaban J connectivity index is 1.91. The number of aromatic amines is 1. The normalized spacial score (nSPS) is 10.7. The third-order valence-electron chi connectivity index (χ3n) is 4.44. The van der Waals surface area contributed by atoms with E-state index < -0.39 is 5.82 Å². The Morgan fingerprint density at radius 3 is 2.62 bits per heavy atom. The van der Waals surface area contributed by atoms with Crippen LogP contribution < -0.4 is 10.5 Å². The van der Waals surface area contributed by atoms with E-state index in [1.807, 2.05) is 12.1 Å². The summed E-state index contributed by atoms with van der Waals surface area (Å²) in [7, 11) is 1.51. The molecule has 1 aromatic carbocycles. The standard InChI is InChI=1S/C21H16FN5O2/c1-29-17-9-14(10-25-20(17)23)19-18(12-4-6-24-7-5-12)26-21(27-19)13-2-3-16(22)15(8-13)11-28/h2-11H,1H3,(H2,23,25)(H,26,27). The average Bonchev–Trinajstić information content (AvgIpc) is 3.20. The van der Waals surface area contributed by atoms with Crippen molar-refractivity contribution in [1.29, 1.82) is 0 Å². The van der Waals surface area contributed by atoms with E-state index in [4.69, 9.17) is 10.5 Å². The number of ether oxygens (including phenoxy) is 1. The maximum atomic E-state index is 13.7. The molecule has 7 nitrogen and oxygen atoms in total. The van der Waals surface area contributed by atoms with Crippen LogP contribution in [0.4, 0.5) is 10.2 Å². The second kappa shape index (κ2) is 7.51. The number of nitrogens with one attached hydrogen (secondary N) is 1. The van der Waals surface area contributed by atoms with E-state index in [1.54, 1.807) is 30.7 Å². The van der Waals surface area contributed by atoms with E-state index in [0.29, 0.717) is 40.4 Å². The van der Waals surface area contributed by atoms with Crippen molar-refractivity contribution in [3.8, 4) is 39.7 Å². The minimum absolute atomic E-state index is 0.0401. The number of halogens is 1. The SMILES string of the molecule is COc1cc(-c2nc(-c3ccc(F)c(C=O)c3)[nH]c2-c2ccncc2)cnc1N. The van der Waals surface area contributed by atoms with Crippen molar-refractivity contribution >= 4 is 12.1 Å². The van der Waals surface area contributed by atoms with Gasteiger partial charge in [-0.3, -0.25) is 9.78 Å². The number of anilines is 1. The molecule has 0 saturated heterocycles. The minimum Gasteiger partial charge on any atom is -0.493 e. The zero-order chi connectivity index (χ0) is 20.4. The molecule has 144 valence electrons. The third kappa shape index (κ3) is 3.43. The highest BCUT2D eigenvalue weighted by Gasteiger charge is 2.18. The largest absolute Gasteiger partial charge is 0.493 e. The van der Waals surface area contributed by atoms with Crippen LogP contribution in [-0.4, -0.2) is 33.3 Å². The predicted octanol–water partition coefficient (Wildman–Crippen LogP) is 3.74. The lowest BCUT2D eigenvalue weighted by atomic mass is 10.1. The molecule has 0 radical (unpaired) electrons. The minimum atomic E-state index is -0.586. The summed E-state index contributed by atoms with van der Waals surface area (Å²) >= 11 is 0. The summed E-state index contributed by atoms with van der Waals surface area (Å²) < 4.78 is 19.0. The first kappa shape index (κ1) is 18.3. The van der Waals surface area contributed by atoms with Gasteiger partial charge in [-0.15, -0.1) is 0 Å². The highest BCUT2D eigenvalue weighted by Crippen LogP contribution is 2.35. The lowest BCUT2D eigenvalue weighted by Gasteiger charge is -2.07. The maximum absolute atomic E-state index is 13.7. The van der Waals surface area contributed by atoms with Gasteiger partial charge in [0.2, 0.25) is 0 Å². The molecule has 0 unspecified atom stereocenters. The van der Waals surface area contributed by atoms with Crippen LogP contribution in [-0.2, 0) is 0 Å². The number of imidazole rings is 1. The third-order valence-corrected chi connectivity index (χ3v) is 4.44. The number of methoxy groups -OCH3 is 1. The number of nitrogens with two attached hydrogens (primary N) is 1. The number of pyridine rings is 2. The Bertz CT molecular complexity index is 1190. The molecule has 3 N–H and O–H groups in total. The molecule has 0 atom stereocenters. The number of carbonyl (C=O) groups is 1. The van der Waals surface area contributed by atoms with Crippen molar-refractivity contribution in [1.82, 2.24) is 19.9 Å². The fraction of sp³-hybridized carbons (Fsp3) is 0.0476. The topological polar surface area (TPSA) is 107 Å². The van der Waals surface area contributed by atoms with Crippen LogP contribution in [0.5, 0.6) is 5.75 Å². The van der Waals surface area contributed by atoms with E-state index in [9.17, 15) is 9.18 Å². The molecule has 0 saturated carbocycles. The van der Waals surface area contributed by atoms with Gasteiger partial charge < -0.3 is 15.5 Å². The van der Waals surface area contributed by atoms with E-state index in [-0.39, 0.29) is 11.4 Å². The van der Waals surface area contributed by atoms with Gasteiger partial charge in [0.15, 0.2) is 17.9 Å². The molecular formula is C21H16FN5O2. The Hall–Kier alpha value is -4.07. The summed E-state index contributed by atoms with van der Waals surface area (Å²) in [5.41, 5.74) is 9.22. The molecule has 0 bridgehead atoms. The van der Waals surface area contributed by atoms with Crippen LogP contribution in [0.15, 0.2) is 55.0 Å². The molecule has 4 aromatic rings. The summed E-state index contributed by atoms with van der Waals surface area (Å²) in [5, 5.41) is 0. The van der Waals surface area contributed by atoms with Gasteiger partial charge in [0.25, 0.3) is 0 Å². The van der Waals surface area contributed by atoms with E-state index >= 15 is 0 Å². The van der Waals surface area contributed by atoms with Crippen molar-refractivity contribution in [3.05, 3.63) is 66.4 Å². The van der Waals surface area contributed by atoms with Crippen LogP contribution >= 0.6 is 0 Å². The molecule has 0 aliphatic carbocycles. The quantitative estimate of drug-likeness (QED) is 0.504. The van der Waals surface area contributed by atoms with Crippen molar-refractivity contribution in [2.24, 2.45) is 0 Å². The number of nitrogen functional groups attached to an aromatic ring is 1. The number of aromatic nitrogens is 4. The summed E-state index contributed by atoms with van der Waals surface area (Å²) in [6.45, 7) is 0. The molecule has 0 aliphatic rings.